The number of nitrogens with zero attached hydrogens (tertiary/aromatic N) is 1. The summed E-state index contributed by atoms with van der Waals surface area (Å²) in [7, 11) is -0.375. The van der Waals surface area contributed by atoms with Gasteiger partial charge in [0.2, 0.25) is 10.0 Å². The minimum atomic E-state index is -3.61. The van der Waals surface area contributed by atoms with Crippen LogP contribution in [0.25, 0.3) is 10.9 Å². The molecule has 1 N–H and O–H groups in total. The Kier molecular flexibility index (Phi) is 13.9. The highest BCUT2D eigenvalue weighted by Gasteiger charge is 2.21. The van der Waals surface area contributed by atoms with Crippen molar-refractivity contribution < 1.29 is 23.0 Å². The number of rotatable bonds is 21. The number of aliphatic hydroxyl groups is 1. The van der Waals surface area contributed by atoms with Crippen LogP contribution in [0.3, 0.4) is 0 Å². The Bertz CT molecular complexity index is 1230. The topological polar surface area (TPSA) is 77.8 Å². The smallest absolute Gasteiger partial charge is 0.243 e. The van der Waals surface area contributed by atoms with E-state index in [9.17, 15) is 8.42 Å². The molecule has 0 aliphatic rings. The number of hydrogen-bond donors (Lipinski definition) is 1. The average Bonchev–Trinajstić information content (AvgIpc) is 3.35. The predicted molar refractivity (Wildman–Crippen MR) is 165 cm³/mol. The number of aliphatic hydroxyl groups excluding tert-OH is 1. The third kappa shape index (κ3) is 9.84. The summed E-state index contributed by atoms with van der Waals surface area (Å²) in [5.41, 5.74) is 2.43. The Labute approximate surface area is 241 Å². The van der Waals surface area contributed by atoms with Crippen LogP contribution in [0.2, 0.25) is 0 Å². The summed E-state index contributed by atoms with van der Waals surface area (Å²) in [6.07, 6.45) is 19.9. The van der Waals surface area contributed by atoms with Gasteiger partial charge in [-0.15, -0.1) is 0 Å². The van der Waals surface area contributed by atoms with Crippen molar-refractivity contribution in [1.29, 1.82) is 0 Å². The molecule has 0 aliphatic heterocycles. The van der Waals surface area contributed by atoms with Gasteiger partial charge in [-0.2, -0.15) is 0 Å². The van der Waals surface area contributed by atoms with E-state index in [1.807, 2.05) is 18.2 Å². The summed E-state index contributed by atoms with van der Waals surface area (Å²) in [5, 5.41) is 9.72. The molecular weight excluding hydrogens is 522 g/mol. The molecule has 1 aromatic heterocycles. The largest absolute Gasteiger partial charge is 0.497 e. The van der Waals surface area contributed by atoms with Crippen molar-refractivity contribution in [2.75, 3.05) is 20.8 Å². The normalized spacial score (nSPS) is 11.8. The second kappa shape index (κ2) is 17.3. The standard InChI is InChI=1S/C33H49NO5S/c1-38-30-23-21-28(22-24-30)27-40(36,37)34-26-29(33-31(34)19-17-20-32(33)39-2)18-15-13-11-9-7-5-3-4-6-8-10-12-14-16-25-35/h17,19-24,26,35H,3-16,18,25,27H2,1-2H3. The van der Waals surface area contributed by atoms with Gasteiger partial charge in [0.1, 0.15) is 11.5 Å². The first-order valence-electron chi connectivity index (χ1n) is 15.1. The molecule has 1 heterocycles. The number of benzene rings is 2. The number of ether oxygens (including phenoxy) is 2. The summed E-state index contributed by atoms with van der Waals surface area (Å²) in [6.45, 7) is 0.329. The van der Waals surface area contributed by atoms with Crippen LogP contribution in [0.15, 0.2) is 48.7 Å². The summed E-state index contributed by atoms with van der Waals surface area (Å²) in [5.74, 6) is 1.34. The molecule has 3 rings (SSSR count). The number of unbranched alkanes of at least 4 members (excludes halogenated alkanes) is 13. The summed E-state index contributed by atoms with van der Waals surface area (Å²) in [6, 6.07) is 12.8. The van der Waals surface area contributed by atoms with Crippen molar-refractivity contribution in [2.45, 2.75) is 102 Å². The minimum absolute atomic E-state index is 0.0813. The molecule has 0 saturated heterocycles. The zero-order chi connectivity index (χ0) is 28.6. The van der Waals surface area contributed by atoms with Crippen LogP contribution >= 0.6 is 0 Å². The van der Waals surface area contributed by atoms with E-state index >= 15 is 0 Å². The van der Waals surface area contributed by atoms with Crippen molar-refractivity contribution in [2.24, 2.45) is 0 Å². The Hall–Kier alpha value is -2.51. The molecule has 0 bridgehead atoms. The highest BCUT2D eigenvalue weighted by molar-refractivity contribution is 7.89. The Morgan fingerprint density at radius 2 is 1.25 bits per heavy atom. The quantitative estimate of drug-likeness (QED) is 0.131. The predicted octanol–water partition coefficient (Wildman–Crippen LogP) is 8.03. The molecule has 40 heavy (non-hydrogen) atoms. The van der Waals surface area contributed by atoms with Crippen LogP contribution in [-0.4, -0.2) is 38.3 Å². The molecule has 222 valence electrons. The fourth-order valence-electron chi connectivity index (χ4n) is 5.44. The van der Waals surface area contributed by atoms with Crippen LogP contribution in [-0.2, 0) is 22.2 Å². The Morgan fingerprint density at radius 1 is 0.700 bits per heavy atom. The molecule has 0 fully saturated rings. The van der Waals surface area contributed by atoms with Gasteiger partial charge in [0.05, 0.1) is 25.5 Å². The average molecular weight is 572 g/mol. The molecule has 0 saturated carbocycles. The first-order chi connectivity index (χ1) is 19.5. The van der Waals surface area contributed by atoms with Crippen LogP contribution in [0.4, 0.5) is 0 Å². The van der Waals surface area contributed by atoms with Crippen LogP contribution < -0.4 is 9.47 Å². The van der Waals surface area contributed by atoms with Gasteiger partial charge in [-0.25, -0.2) is 12.4 Å². The first kappa shape index (κ1) is 32.0. The molecular formula is C33H49NO5S. The number of fused-ring (bicyclic) bond motifs is 1. The van der Waals surface area contributed by atoms with Gasteiger partial charge in [-0.3, -0.25) is 0 Å². The fourth-order valence-corrected chi connectivity index (χ4v) is 6.93. The van der Waals surface area contributed by atoms with Gasteiger partial charge in [0.15, 0.2) is 0 Å². The van der Waals surface area contributed by atoms with Crippen molar-refractivity contribution in [3.8, 4) is 11.5 Å². The van der Waals surface area contributed by atoms with Gasteiger partial charge < -0.3 is 14.6 Å². The number of aromatic nitrogens is 1. The SMILES string of the molecule is COc1ccc(CS(=O)(=O)n2cc(CCCCCCCCCCCCCCCCO)c3c(OC)cccc32)cc1. The van der Waals surface area contributed by atoms with Gasteiger partial charge >= 0.3 is 0 Å². The zero-order valence-electron chi connectivity index (χ0n) is 24.6. The van der Waals surface area contributed by atoms with E-state index in [-0.39, 0.29) is 5.75 Å². The van der Waals surface area contributed by atoms with Crippen molar-refractivity contribution in [3.05, 3.63) is 59.8 Å². The molecule has 0 atom stereocenters. The highest BCUT2D eigenvalue weighted by atomic mass is 32.2. The summed E-state index contributed by atoms with van der Waals surface area (Å²) in [4.78, 5) is 0. The zero-order valence-corrected chi connectivity index (χ0v) is 25.4. The molecule has 0 amide bonds. The van der Waals surface area contributed by atoms with Crippen molar-refractivity contribution in [1.82, 2.24) is 3.97 Å². The maximum atomic E-state index is 13.5. The van der Waals surface area contributed by atoms with Crippen LogP contribution in [0.1, 0.15) is 101 Å². The Morgan fingerprint density at radius 3 is 1.77 bits per heavy atom. The van der Waals surface area contributed by atoms with Crippen LogP contribution in [0, 0.1) is 0 Å². The number of methoxy groups -OCH3 is 2. The third-order valence-electron chi connectivity index (χ3n) is 7.72. The molecule has 0 aliphatic carbocycles. The lowest BCUT2D eigenvalue weighted by Gasteiger charge is -2.09. The highest BCUT2D eigenvalue weighted by Crippen LogP contribution is 2.33. The van der Waals surface area contributed by atoms with E-state index in [0.29, 0.717) is 17.9 Å². The summed E-state index contributed by atoms with van der Waals surface area (Å²) >= 11 is 0. The molecule has 0 unspecified atom stereocenters. The molecule has 0 radical (unpaired) electrons. The van der Waals surface area contributed by atoms with Gasteiger partial charge in [0, 0.05) is 18.2 Å². The van der Waals surface area contributed by atoms with E-state index in [4.69, 9.17) is 14.6 Å². The lowest BCUT2D eigenvalue weighted by molar-refractivity contribution is 0.282. The second-order valence-corrected chi connectivity index (χ2v) is 12.7. The van der Waals surface area contributed by atoms with Crippen molar-refractivity contribution >= 4 is 20.9 Å². The van der Waals surface area contributed by atoms with E-state index in [0.717, 1.165) is 54.4 Å². The molecule has 7 heteroatoms. The van der Waals surface area contributed by atoms with Gasteiger partial charge in [0.25, 0.3) is 0 Å². The molecule has 0 spiro atoms. The first-order valence-corrected chi connectivity index (χ1v) is 16.7. The van der Waals surface area contributed by atoms with E-state index < -0.39 is 10.0 Å². The van der Waals surface area contributed by atoms with Crippen molar-refractivity contribution in [3.63, 3.8) is 0 Å². The molecule has 2 aromatic carbocycles. The van der Waals surface area contributed by atoms with Gasteiger partial charge in [-0.1, -0.05) is 95.2 Å². The number of hydrogen-bond acceptors (Lipinski definition) is 5. The lowest BCUT2D eigenvalue weighted by Crippen LogP contribution is -2.14. The van der Waals surface area contributed by atoms with E-state index in [2.05, 4.69) is 0 Å². The van der Waals surface area contributed by atoms with Crippen LogP contribution in [0.5, 0.6) is 11.5 Å². The van der Waals surface area contributed by atoms with E-state index in [1.165, 1.54) is 68.2 Å². The maximum Gasteiger partial charge on any atom is 0.243 e. The Balaban J connectivity index is 1.46. The monoisotopic (exact) mass is 571 g/mol. The maximum absolute atomic E-state index is 13.5. The lowest BCUT2D eigenvalue weighted by atomic mass is 10.0. The molecule has 6 nitrogen and oxygen atoms in total. The fraction of sp³-hybridized carbons (Fsp3) is 0.576. The summed E-state index contributed by atoms with van der Waals surface area (Å²) < 4.78 is 39.2. The van der Waals surface area contributed by atoms with E-state index in [1.54, 1.807) is 44.7 Å². The second-order valence-electron chi connectivity index (χ2n) is 10.8. The third-order valence-corrected chi connectivity index (χ3v) is 9.32. The van der Waals surface area contributed by atoms with Gasteiger partial charge in [-0.05, 0) is 54.7 Å². The molecule has 3 aromatic rings. The number of aryl methyl sites for hydroxylation is 1. The minimum Gasteiger partial charge on any atom is -0.497 e.